The summed E-state index contributed by atoms with van der Waals surface area (Å²) < 4.78 is 0. The molecule has 0 radical (unpaired) electrons. The van der Waals surface area contributed by atoms with Crippen molar-refractivity contribution in [3.63, 3.8) is 0 Å². The number of hydrogen-bond acceptors (Lipinski definition) is 2. The van der Waals surface area contributed by atoms with Gasteiger partial charge in [-0.3, -0.25) is 9.59 Å². The molecule has 0 amide bonds. The van der Waals surface area contributed by atoms with E-state index in [-0.39, 0.29) is 16.2 Å². The van der Waals surface area contributed by atoms with Crippen LogP contribution in [0.1, 0.15) is 65.2 Å². The Hall–Kier alpha value is -0.660. The first-order chi connectivity index (χ1) is 9.93. The summed E-state index contributed by atoms with van der Waals surface area (Å²) in [4.78, 5) is 25.4. The lowest BCUT2D eigenvalue weighted by Crippen LogP contribution is -2.55. The summed E-state index contributed by atoms with van der Waals surface area (Å²) in [5.74, 6) is 3.51. The lowest BCUT2D eigenvalue weighted by atomic mass is 9.46. The fraction of sp³-hybridized carbons (Fsp3) is 0.895. The lowest BCUT2D eigenvalue weighted by molar-refractivity contribution is -0.153. The van der Waals surface area contributed by atoms with E-state index in [1.165, 1.54) is 25.7 Å². The molecule has 1 spiro atoms. The predicted molar refractivity (Wildman–Crippen MR) is 79.6 cm³/mol. The van der Waals surface area contributed by atoms with Gasteiger partial charge in [0.1, 0.15) is 11.6 Å². The standard InChI is InChI=1S/C19H26O2/c1-17-7-6-14-12(13(17)3-4-15(17)20)9-16(21)19-10-11(19)5-8-18(14,19)2/h11-14H,3-10H2,1-2H3/t11-,12+,13+,14+,17+,18-,19+/m1/s1. The highest BCUT2D eigenvalue weighted by Crippen LogP contribution is 2.80. The number of rotatable bonds is 0. The maximum atomic E-state index is 13.0. The minimum Gasteiger partial charge on any atom is -0.299 e. The Bertz CT molecular complexity index is 566. The zero-order valence-corrected chi connectivity index (χ0v) is 13.3. The second-order valence-electron chi connectivity index (χ2n) is 9.25. The van der Waals surface area contributed by atoms with Crippen molar-refractivity contribution in [3.05, 3.63) is 0 Å². The molecule has 114 valence electrons. The van der Waals surface area contributed by atoms with Gasteiger partial charge in [0.25, 0.3) is 0 Å². The minimum atomic E-state index is -0.0934. The van der Waals surface area contributed by atoms with E-state index < -0.39 is 0 Å². The van der Waals surface area contributed by atoms with Crippen molar-refractivity contribution in [2.24, 2.45) is 39.9 Å². The Morgan fingerprint density at radius 3 is 2.52 bits per heavy atom. The van der Waals surface area contributed by atoms with Gasteiger partial charge in [-0.25, -0.2) is 0 Å². The topological polar surface area (TPSA) is 34.1 Å². The Morgan fingerprint density at radius 2 is 1.76 bits per heavy atom. The molecule has 5 aliphatic carbocycles. The first-order valence-electron chi connectivity index (χ1n) is 9.00. The molecule has 2 nitrogen and oxygen atoms in total. The van der Waals surface area contributed by atoms with Crippen molar-refractivity contribution in [2.45, 2.75) is 65.2 Å². The summed E-state index contributed by atoms with van der Waals surface area (Å²) in [6, 6.07) is 0. The molecule has 5 saturated carbocycles. The van der Waals surface area contributed by atoms with Crippen molar-refractivity contribution >= 4 is 11.6 Å². The predicted octanol–water partition coefficient (Wildman–Crippen LogP) is 3.78. The van der Waals surface area contributed by atoms with E-state index in [2.05, 4.69) is 13.8 Å². The number of fused-ring (bicyclic) bond motifs is 4. The summed E-state index contributed by atoms with van der Waals surface area (Å²) >= 11 is 0. The summed E-state index contributed by atoms with van der Waals surface area (Å²) in [6.45, 7) is 4.64. The lowest BCUT2D eigenvalue weighted by Gasteiger charge is -2.56. The molecule has 21 heavy (non-hydrogen) atoms. The van der Waals surface area contributed by atoms with Crippen molar-refractivity contribution in [2.75, 3.05) is 0 Å². The number of carbonyl (C=O) groups is 2. The molecule has 0 aromatic rings. The maximum absolute atomic E-state index is 13.0. The molecule has 2 heteroatoms. The molecular weight excluding hydrogens is 260 g/mol. The van der Waals surface area contributed by atoms with Crippen LogP contribution in [0.15, 0.2) is 0 Å². The highest BCUT2D eigenvalue weighted by molar-refractivity contribution is 5.92. The molecule has 0 bridgehead atoms. The zero-order chi connectivity index (χ0) is 14.6. The van der Waals surface area contributed by atoms with Crippen LogP contribution < -0.4 is 0 Å². The third-order valence-corrected chi connectivity index (χ3v) is 9.02. The molecule has 7 atom stereocenters. The van der Waals surface area contributed by atoms with Crippen LogP contribution in [0, 0.1) is 39.9 Å². The fourth-order valence-corrected chi connectivity index (χ4v) is 7.78. The van der Waals surface area contributed by atoms with E-state index in [9.17, 15) is 9.59 Å². The van der Waals surface area contributed by atoms with Crippen molar-refractivity contribution in [3.8, 4) is 0 Å². The second-order valence-corrected chi connectivity index (χ2v) is 9.25. The number of Topliss-reactive ketones (excluding diaryl/α,β-unsaturated/α-hetero) is 2. The Kier molecular flexibility index (Phi) is 2.12. The van der Waals surface area contributed by atoms with Gasteiger partial charge >= 0.3 is 0 Å². The summed E-state index contributed by atoms with van der Waals surface area (Å²) in [5, 5.41) is 0. The molecular formula is C19H26O2. The summed E-state index contributed by atoms with van der Waals surface area (Å²) in [6.07, 6.45) is 8.63. The number of hydrogen-bond donors (Lipinski definition) is 0. The molecule has 5 fully saturated rings. The zero-order valence-electron chi connectivity index (χ0n) is 13.3. The van der Waals surface area contributed by atoms with Crippen LogP contribution in [0.3, 0.4) is 0 Å². The number of ketones is 2. The van der Waals surface area contributed by atoms with Crippen molar-refractivity contribution in [1.29, 1.82) is 0 Å². The Balaban J connectivity index is 1.58. The number of carbonyl (C=O) groups excluding carboxylic acids is 2. The van der Waals surface area contributed by atoms with E-state index in [0.29, 0.717) is 29.3 Å². The molecule has 0 saturated heterocycles. The van der Waals surface area contributed by atoms with Gasteiger partial charge < -0.3 is 0 Å². The molecule has 0 aromatic carbocycles. The highest BCUT2D eigenvalue weighted by atomic mass is 16.1. The van der Waals surface area contributed by atoms with Gasteiger partial charge in [0.15, 0.2) is 0 Å². The molecule has 0 aromatic heterocycles. The summed E-state index contributed by atoms with van der Waals surface area (Å²) in [7, 11) is 0. The van der Waals surface area contributed by atoms with E-state index >= 15 is 0 Å². The van der Waals surface area contributed by atoms with Gasteiger partial charge in [-0.15, -0.1) is 0 Å². The van der Waals surface area contributed by atoms with Gasteiger partial charge in [0.05, 0.1) is 0 Å². The third kappa shape index (κ3) is 1.18. The average Bonchev–Trinajstić information content (AvgIpc) is 3.01. The Labute approximate surface area is 127 Å². The molecule has 0 heterocycles. The Morgan fingerprint density at radius 1 is 0.952 bits per heavy atom. The largest absolute Gasteiger partial charge is 0.299 e. The van der Waals surface area contributed by atoms with Crippen LogP contribution in [0.2, 0.25) is 0 Å². The van der Waals surface area contributed by atoms with E-state index in [1.807, 2.05) is 0 Å². The van der Waals surface area contributed by atoms with Gasteiger partial charge in [0.2, 0.25) is 0 Å². The van der Waals surface area contributed by atoms with Crippen LogP contribution >= 0.6 is 0 Å². The van der Waals surface area contributed by atoms with E-state index in [0.717, 1.165) is 31.6 Å². The smallest absolute Gasteiger partial charge is 0.140 e. The molecule has 5 rings (SSSR count). The van der Waals surface area contributed by atoms with E-state index in [1.54, 1.807) is 0 Å². The SMILES string of the molecule is C[C@]12CC[C@H]3[C@@H](CC(=O)[C@]45C[C@H]4CC[C@]35C)[C@@H]1CCC2=O. The molecule has 0 unspecified atom stereocenters. The van der Waals surface area contributed by atoms with Crippen molar-refractivity contribution in [1.82, 2.24) is 0 Å². The first-order valence-corrected chi connectivity index (χ1v) is 9.00. The molecule has 0 N–H and O–H groups in total. The van der Waals surface area contributed by atoms with E-state index in [4.69, 9.17) is 0 Å². The fourth-order valence-electron chi connectivity index (χ4n) is 7.78. The summed E-state index contributed by atoms with van der Waals surface area (Å²) in [5.41, 5.74) is 0.263. The quantitative estimate of drug-likeness (QED) is 0.679. The van der Waals surface area contributed by atoms with Gasteiger partial charge in [-0.1, -0.05) is 13.8 Å². The van der Waals surface area contributed by atoms with Gasteiger partial charge in [-0.2, -0.15) is 0 Å². The van der Waals surface area contributed by atoms with Gasteiger partial charge in [-0.05, 0) is 67.6 Å². The monoisotopic (exact) mass is 286 g/mol. The van der Waals surface area contributed by atoms with Gasteiger partial charge in [0, 0.05) is 23.7 Å². The van der Waals surface area contributed by atoms with Crippen LogP contribution in [0.5, 0.6) is 0 Å². The van der Waals surface area contributed by atoms with Crippen LogP contribution in [-0.2, 0) is 9.59 Å². The second kappa shape index (κ2) is 3.46. The molecule has 5 aliphatic rings. The molecule has 0 aliphatic heterocycles. The van der Waals surface area contributed by atoms with Crippen molar-refractivity contribution < 1.29 is 9.59 Å². The normalized spacial score (nSPS) is 61.0. The van der Waals surface area contributed by atoms with Crippen LogP contribution in [0.25, 0.3) is 0 Å². The van der Waals surface area contributed by atoms with Crippen LogP contribution in [0.4, 0.5) is 0 Å². The third-order valence-electron chi connectivity index (χ3n) is 9.02. The minimum absolute atomic E-state index is 0.0878. The highest BCUT2D eigenvalue weighted by Gasteiger charge is 2.77. The van der Waals surface area contributed by atoms with Crippen LogP contribution in [-0.4, -0.2) is 11.6 Å². The maximum Gasteiger partial charge on any atom is 0.140 e. The average molecular weight is 286 g/mol. The first kappa shape index (κ1) is 12.8.